The lowest BCUT2D eigenvalue weighted by Gasteiger charge is -2.13. The van der Waals surface area contributed by atoms with Crippen LogP contribution in [0.4, 0.5) is 0 Å². The van der Waals surface area contributed by atoms with Crippen LogP contribution in [0.1, 0.15) is 24.3 Å². The molecule has 1 atom stereocenters. The SMILES string of the molecule is CCNC(=O)[C@H](C)NC(=O)COC(=O)c1csc(-c2ccccc2)n1. The van der Waals surface area contributed by atoms with Crippen LogP contribution >= 0.6 is 11.3 Å². The van der Waals surface area contributed by atoms with Gasteiger partial charge in [-0.1, -0.05) is 30.3 Å². The molecule has 7 nitrogen and oxygen atoms in total. The first kappa shape index (κ1) is 18.6. The summed E-state index contributed by atoms with van der Waals surface area (Å²) in [4.78, 5) is 39.5. The van der Waals surface area contributed by atoms with Gasteiger partial charge >= 0.3 is 5.97 Å². The van der Waals surface area contributed by atoms with Crippen molar-refractivity contribution in [1.82, 2.24) is 15.6 Å². The molecule has 0 aliphatic heterocycles. The van der Waals surface area contributed by atoms with Gasteiger partial charge in [0.15, 0.2) is 12.3 Å². The van der Waals surface area contributed by atoms with E-state index in [4.69, 9.17) is 4.74 Å². The second-order valence-electron chi connectivity index (χ2n) is 5.16. The van der Waals surface area contributed by atoms with E-state index >= 15 is 0 Å². The number of hydrogen-bond acceptors (Lipinski definition) is 6. The zero-order valence-electron chi connectivity index (χ0n) is 13.9. The third-order valence-corrected chi connectivity index (χ3v) is 4.08. The van der Waals surface area contributed by atoms with Crippen molar-refractivity contribution >= 4 is 29.1 Å². The van der Waals surface area contributed by atoms with Crippen molar-refractivity contribution in [3.8, 4) is 10.6 Å². The summed E-state index contributed by atoms with van der Waals surface area (Å²) in [6.07, 6.45) is 0. The first-order valence-corrected chi connectivity index (χ1v) is 8.64. The lowest BCUT2D eigenvalue weighted by Crippen LogP contribution is -2.46. The summed E-state index contributed by atoms with van der Waals surface area (Å²) < 4.78 is 4.94. The third-order valence-electron chi connectivity index (χ3n) is 3.19. The first-order valence-electron chi connectivity index (χ1n) is 7.76. The Balaban J connectivity index is 1.85. The minimum absolute atomic E-state index is 0.147. The van der Waals surface area contributed by atoms with E-state index in [-0.39, 0.29) is 11.6 Å². The highest BCUT2D eigenvalue weighted by Gasteiger charge is 2.18. The first-order chi connectivity index (χ1) is 12.0. The normalized spacial score (nSPS) is 11.4. The van der Waals surface area contributed by atoms with Crippen molar-refractivity contribution in [3.05, 3.63) is 41.4 Å². The number of rotatable bonds is 7. The molecule has 2 N–H and O–H groups in total. The molecule has 0 unspecified atom stereocenters. The Hall–Kier alpha value is -2.74. The van der Waals surface area contributed by atoms with Crippen LogP contribution in [0.5, 0.6) is 0 Å². The Kier molecular flexibility index (Phi) is 6.64. The van der Waals surface area contributed by atoms with Gasteiger partial charge in [0.1, 0.15) is 11.0 Å². The molecule has 2 amide bonds. The Morgan fingerprint density at radius 3 is 2.64 bits per heavy atom. The molecule has 1 heterocycles. The summed E-state index contributed by atoms with van der Waals surface area (Å²) in [5.74, 6) is -1.53. The Labute approximate surface area is 149 Å². The van der Waals surface area contributed by atoms with Crippen molar-refractivity contribution < 1.29 is 19.1 Å². The van der Waals surface area contributed by atoms with Crippen molar-refractivity contribution in [1.29, 1.82) is 0 Å². The highest BCUT2D eigenvalue weighted by Crippen LogP contribution is 2.23. The Morgan fingerprint density at radius 2 is 1.96 bits per heavy atom. The van der Waals surface area contributed by atoms with Crippen molar-refractivity contribution in [2.75, 3.05) is 13.2 Å². The summed E-state index contributed by atoms with van der Waals surface area (Å²) in [6, 6.07) is 8.75. The lowest BCUT2D eigenvalue weighted by atomic mass is 10.2. The molecular formula is C17H19N3O4S. The number of nitrogens with one attached hydrogen (secondary N) is 2. The Morgan fingerprint density at radius 1 is 1.24 bits per heavy atom. The zero-order chi connectivity index (χ0) is 18.2. The zero-order valence-corrected chi connectivity index (χ0v) is 14.8. The fourth-order valence-corrected chi connectivity index (χ4v) is 2.76. The van der Waals surface area contributed by atoms with Crippen LogP contribution in [0.3, 0.4) is 0 Å². The van der Waals surface area contributed by atoms with Crippen LogP contribution in [0.25, 0.3) is 10.6 Å². The van der Waals surface area contributed by atoms with Gasteiger partial charge in [0.25, 0.3) is 5.91 Å². The van der Waals surface area contributed by atoms with E-state index in [9.17, 15) is 14.4 Å². The highest BCUT2D eigenvalue weighted by molar-refractivity contribution is 7.13. The fraction of sp³-hybridized carbons (Fsp3) is 0.294. The van der Waals surface area contributed by atoms with Gasteiger partial charge in [0.2, 0.25) is 5.91 Å². The topological polar surface area (TPSA) is 97.4 Å². The molecule has 1 aromatic heterocycles. The standard InChI is InChI=1S/C17H19N3O4S/c1-3-18-15(22)11(2)19-14(21)9-24-17(23)13-10-25-16(20-13)12-7-5-4-6-8-12/h4-8,10-11H,3,9H2,1-2H3,(H,18,22)(H,19,21)/t11-/m0/s1. The van der Waals surface area contributed by atoms with E-state index in [2.05, 4.69) is 15.6 Å². The molecule has 0 saturated heterocycles. The fourth-order valence-electron chi connectivity index (χ4n) is 1.96. The number of likely N-dealkylation sites (N-methyl/N-ethyl adjacent to an activating group) is 1. The van der Waals surface area contributed by atoms with Crippen LogP contribution in [0.2, 0.25) is 0 Å². The van der Waals surface area contributed by atoms with Gasteiger partial charge in [-0.15, -0.1) is 11.3 Å². The smallest absolute Gasteiger partial charge is 0.358 e. The van der Waals surface area contributed by atoms with Crippen LogP contribution in [-0.2, 0) is 14.3 Å². The van der Waals surface area contributed by atoms with Crippen LogP contribution in [0.15, 0.2) is 35.7 Å². The summed E-state index contributed by atoms with van der Waals surface area (Å²) in [5, 5.41) is 7.33. The molecule has 0 bridgehead atoms. The monoisotopic (exact) mass is 361 g/mol. The number of carbonyl (C=O) groups is 3. The minimum atomic E-state index is -0.699. The van der Waals surface area contributed by atoms with Gasteiger partial charge < -0.3 is 15.4 Å². The van der Waals surface area contributed by atoms with Crippen molar-refractivity contribution in [2.45, 2.75) is 19.9 Å². The van der Waals surface area contributed by atoms with Gasteiger partial charge in [-0.05, 0) is 13.8 Å². The molecule has 0 saturated carbocycles. The molecule has 0 radical (unpaired) electrons. The van der Waals surface area contributed by atoms with E-state index < -0.39 is 24.5 Å². The number of nitrogens with zero attached hydrogens (tertiary/aromatic N) is 1. The van der Waals surface area contributed by atoms with Crippen LogP contribution in [-0.4, -0.2) is 42.0 Å². The Bertz CT molecular complexity index is 745. The maximum absolute atomic E-state index is 12.0. The average Bonchev–Trinajstić information content (AvgIpc) is 3.11. The van der Waals surface area contributed by atoms with Crippen molar-refractivity contribution in [3.63, 3.8) is 0 Å². The number of aromatic nitrogens is 1. The number of benzene rings is 1. The van der Waals surface area contributed by atoms with Gasteiger partial charge in [-0.3, -0.25) is 9.59 Å². The molecule has 0 aliphatic rings. The highest BCUT2D eigenvalue weighted by atomic mass is 32.1. The average molecular weight is 361 g/mol. The predicted octanol–water partition coefficient (Wildman–Crippen LogP) is 1.61. The summed E-state index contributed by atoms with van der Waals surface area (Å²) in [6.45, 7) is 3.34. The van der Waals surface area contributed by atoms with Gasteiger partial charge in [0, 0.05) is 17.5 Å². The van der Waals surface area contributed by atoms with Gasteiger partial charge in [-0.25, -0.2) is 9.78 Å². The van der Waals surface area contributed by atoms with Gasteiger partial charge in [-0.2, -0.15) is 0 Å². The van der Waals surface area contributed by atoms with Gasteiger partial charge in [0.05, 0.1) is 0 Å². The largest absolute Gasteiger partial charge is 0.451 e. The molecule has 0 aliphatic carbocycles. The molecule has 1 aromatic carbocycles. The molecule has 0 spiro atoms. The van der Waals surface area contributed by atoms with Crippen molar-refractivity contribution in [2.24, 2.45) is 0 Å². The van der Waals surface area contributed by atoms with Crippen LogP contribution < -0.4 is 10.6 Å². The van der Waals surface area contributed by atoms with E-state index in [0.717, 1.165) is 5.56 Å². The molecule has 25 heavy (non-hydrogen) atoms. The number of hydrogen-bond donors (Lipinski definition) is 2. The predicted molar refractivity (Wildman–Crippen MR) is 94.1 cm³/mol. The van der Waals surface area contributed by atoms with E-state index in [1.54, 1.807) is 19.2 Å². The number of ether oxygens (including phenoxy) is 1. The lowest BCUT2D eigenvalue weighted by molar-refractivity contribution is -0.130. The number of carbonyl (C=O) groups excluding carboxylic acids is 3. The quantitative estimate of drug-likeness (QED) is 0.730. The number of thiazole rings is 1. The summed E-state index contributed by atoms with van der Waals surface area (Å²) >= 11 is 1.32. The van der Waals surface area contributed by atoms with Crippen LogP contribution in [0, 0.1) is 0 Å². The third kappa shape index (κ3) is 5.39. The maximum Gasteiger partial charge on any atom is 0.358 e. The number of amides is 2. The molecule has 2 rings (SSSR count). The molecular weight excluding hydrogens is 342 g/mol. The second kappa shape index (κ2) is 8.93. The van der Waals surface area contributed by atoms with E-state index in [1.165, 1.54) is 11.3 Å². The van der Waals surface area contributed by atoms with E-state index in [0.29, 0.717) is 11.6 Å². The second-order valence-corrected chi connectivity index (χ2v) is 6.02. The molecule has 132 valence electrons. The maximum atomic E-state index is 12.0. The summed E-state index contributed by atoms with van der Waals surface area (Å²) in [5.41, 5.74) is 1.05. The molecule has 2 aromatic rings. The minimum Gasteiger partial charge on any atom is -0.451 e. The summed E-state index contributed by atoms with van der Waals surface area (Å²) in [7, 11) is 0. The van der Waals surface area contributed by atoms with E-state index in [1.807, 2.05) is 30.3 Å². The molecule has 0 fully saturated rings. The number of esters is 1. The molecule has 8 heteroatoms.